The molecule has 7 nitrogen and oxygen atoms in total. The number of aromatic nitrogens is 3. The van der Waals surface area contributed by atoms with E-state index in [4.69, 9.17) is 0 Å². The van der Waals surface area contributed by atoms with Crippen molar-refractivity contribution < 1.29 is 4.92 Å². The molecule has 2 aliphatic carbocycles. The van der Waals surface area contributed by atoms with E-state index in [0.717, 1.165) is 31.5 Å². The van der Waals surface area contributed by atoms with Gasteiger partial charge in [0.1, 0.15) is 5.82 Å². The molecule has 1 aromatic carbocycles. The number of hydrogen-bond donors (Lipinski definition) is 0. The van der Waals surface area contributed by atoms with Gasteiger partial charge in [-0.1, -0.05) is 0 Å². The predicted octanol–water partition coefficient (Wildman–Crippen LogP) is 2.15. The third-order valence-corrected chi connectivity index (χ3v) is 3.98. The number of nitro benzene ring substituents is 1. The highest BCUT2D eigenvalue weighted by Gasteiger charge is 2.36. The molecule has 0 saturated heterocycles. The van der Waals surface area contributed by atoms with E-state index in [9.17, 15) is 14.9 Å². The van der Waals surface area contributed by atoms with E-state index in [1.165, 1.54) is 12.1 Å². The summed E-state index contributed by atoms with van der Waals surface area (Å²) in [5.41, 5.74) is 0.362. The average Bonchev–Trinajstić information content (AvgIpc) is 3.36. The zero-order valence-electron chi connectivity index (χ0n) is 11.3. The molecule has 2 aromatic rings. The maximum atomic E-state index is 12.2. The van der Waals surface area contributed by atoms with Crippen LogP contribution in [0.3, 0.4) is 0 Å². The highest BCUT2D eigenvalue weighted by atomic mass is 16.6. The standard InChI is InChI=1S/C14H14N4O3/c19-14-15-13(9-1-2-9)16(10-3-4-10)17(14)11-5-7-12(8-6-11)18(20)21/h5-10H,1-4H2. The summed E-state index contributed by atoms with van der Waals surface area (Å²) in [7, 11) is 0. The van der Waals surface area contributed by atoms with Gasteiger partial charge in [0, 0.05) is 18.1 Å². The second-order valence-corrected chi connectivity index (χ2v) is 5.69. The molecule has 1 heterocycles. The van der Waals surface area contributed by atoms with E-state index in [2.05, 4.69) is 4.98 Å². The lowest BCUT2D eigenvalue weighted by Gasteiger charge is -2.12. The third kappa shape index (κ3) is 2.05. The highest BCUT2D eigenvalue weighted by Crippen LogP contribution is 2.44. The third-order valence-electron chi connectivity index (χ3n) is 3.98. The molecule has 0 unspecified atom stereocenters. The van der Waals surface area contributed by atoms with Crippen molar-refractivity contribution in [3.05, 3.63) is 50.7 Å². The largest absolute Gasteiger partial charge is 0.368 e. The van der Waals surface area contributed by atoms with Crippen LogP contribution in [0.5, 0.6) is 0 Å². The van der Waals surface area contributed by atoms with E-state index in [1.807, 2.05) is 4.68 Å². The van der Waals surface area contributed by atoms with Crippen molar-refractivity contribution in [2.45, 2.75) is 37.6 Å². The summed E-state index contributed by atoms with van der Waals surface area (Å²) in [5, 5.41) is 10.7. The van der Waals surface area contributed by atoms with E-state index in [0.29, 0.717) is 17.6 Å². The van der Waals surface area contributed by atoms with Crippen LogP contribution < -0.4 is 5.69 Å². The number of hydrogen-bond acceptors (Lipinski definition) is 4. The number of rotatable bonds is 4. The van der Waals surface area contributed by atoms with E-state index in [-0.39, 0.29) is 11.4 Å². The summed E-state index contributed by atoms with van der Waals surface area (Å²) in [4.78, 5) is 26.7. The maximum absolute atomic E-state index is 12.2. The maximum Gasteiger partial charge on any atom is 0.368 e. The highest BCUT2D eigenvalue weighted by molar-refractivity contribution is 5.40. The Morgan fingerprint density at radius 3 is 2.33 bits per heavy atom. The van der Waals surface area contributed by atoms with Gasteiger partial charge in [-0.3, -0.25) is 14.8 Å². The first-order valence-electron chi connectivity index (χ1n) is 7.11. The normalized spacial score (nSPS) is 17.9. The summed E-state index contributed by atoms with van der Waals surface area (Å²) in [6.07, 6.45) is 4.29. The smallest absolute Gasteiger partial charge is 0.259 e. The Bertz CT molecular complexity index is 767. The van der Waals surface area contributed by atoms with Gasteiger partial charge < -0.3 is 0 Å². The van der Waals surface area contributed by atoms with Crippen LogP contribution in [0.1, 0.15) is 43.5 Å². The van der Waals surface area contributed by atoms with Crippen molar-refractivity contribution >= 4 is 5.69 Å². The van der Waals surface area contributed by atoms with Gasteiger partial charge in [-0.05, 0) is 37.8 Å². The van der Waals surface area contributed by atoms with Crippen LogP contribution >= 0.6 is 0 Å². The first kappa shape index (κ1) is 12.3. The average molecular weight is 286 g/mol. The van der Waals surface area contributed by atoms with Gasteiger partial charge >= 0.3 is 5.69 Å². The summed E-state index contributed by atoms with van der Waals surface area (Å²) in [5.74, 6) is 1.28. The van der Waals surface area contributed by atoms with E-state index >= 15 is 0 Å². The van der Waals surface area contributed by atoms with Crippen LogP contribution in [0, 0.1) is 10.1 Å². The lowest BCUT2D eigenvalue weighted by molar-refractivity contribution is -0.384. The van der Waals surface area contributed by atoms with Crippen molar-refractivity contribution in [2.75, 3.05) is 0 Å². The van der Waals surface area contributed by atoms with Crippen molar-refractivity contribution in [1.82, 2.24) is 14.3 Å². The van der Waals surface area contributed by atoms with Gasteiger partial charge in [0.25, 0.3) is 5.69 Å². The molecule has 0 atom stereocenters. The van der Waals surface area contributed by atoms with Crippen LogP contribution in [0.2, 0.25) is 0 Å². The molecule has 2 aliphatic rings. The number of non-ortho nitro benzene ring substituents is 1. The molecule has 0 aliphatic heterocycles. The zero-order valence-corrected chi connectivity index (χ0v) is 11.3. The Morgan fingerprint density at radius 2 is 1.81 bits per heavy atom. The van der Waals surface area contributed by atoms with Crippen molar-refractivity contribution in [3.63, 3.8) is 0 Å². The number of benzene rings is 1. The summed E-state index contributed by atoms with van der Waals surface area (Å²) in [6, 6.07) is 6.39. The Hall–Kier alpha value is -2.44. The Labute approximate surface area is 120 Å². The minimum Gasteiger partial charge on any atom is -0.259 e. The van der Waals surface area contributed by atoms with Crippen LogP contribution in [0.25, 0.3) is 5.69 Å². The molecule has 2 fully saturated rings. The second kappa shape index (κ2) is 4.28. The molecule has 21 heavy (non-hydrogen) atoms. The SMILES string of the molecule is O=c1nc(C2CC2)n(C2CC2)n1-c1ccc([N+](=O)[O-])cc1. The minimum atomic E-state index is -0.444. The monoisotopic (exact) mass is 286 g/mol. The first-order valence-corrected chi connectivity index (χ1v) is 7.11. The minimum absolute atomic E-state index is 0.0201. The summed E-state index contributed by atoms with van der Waals surface area (Å²) >= 11 is 0. The molecule has 0 spiro atoms. The first-order chi connectivity index (χ1) is 10.1. The molecule has 1 aromatic heterocycles. The molecule has 4 rings (SSSR count). The zero-order chi connectivity index (χ0) is 14.6. The second-order valence-electron chi connectivity index (χ2n) is 5.69. The van der Waals surface area contributed by atoms with Crippen LogP contribution in [0.15, 0.2) is 29.1 Å². The predicted molar refractivity (Wildman–Crippen MR) is 74.7 cm³/mol. The lowest BCUT2D eigenvalue weighted by atomic mass is 10.3. The van der Waals surface area contributed by atoms with Gasteiger partial charge in [-0.15, -0.1) is 0 Å². The molecule has 2 saturated carbocycles. The molecule has 7 heteroatoms. The molecule has 0 amide bonds. The Morgan fingerprint density at radius 1 is 1.14 bits per heavy atom. The topological polar surface area (TPSA) is 83.0 Å². The molecule has 0 radical (unpaired) electrons. The molecule has 108 valence electrons. The van der Waals surface area contributed by atoms with Crippen molar-refractivity contribution in [3.8, 4) is 5.69 Å². The van der Waals surface area contributed by atoms with Crippen LogP contribution in [0.4, 0.5) is 5.69 Å². The van der Waals surface area contributed by atoms with Crippen molar-refractivity contribution in [1.29, 1.82) is 0 Å². The molecule has 0 bridgehead atoms. The lowest BCUT2D eigenvalue weighted by Crippen LogP contribution is -2.21. The van der Waals surface area contributed by atoms with Gasteiger partial charge in [0.05, 0.1) is 16.7 Å². The molecular weight excluding hydrogens is 272 g/mol. The fraction of sp³-hybridized carbons (Fsp3) is 0.429. The van der Waals surface area contributed by atoms with Gasteiger partial charge in [-0.25, -0.2) is 4.79 Å². The molecular formula is C14H14N4O3. The van der Waals surface area contributed by atoms with Crippen LogP contribution in [-0.2, 0) is 0 Å². The number of nitro groups is 1. The van der Waals surface area contributed by atoms with Gasteiger partial charge in [0.15, 0.2) is 0 Å². The quantitative estimate of drug-likeness (QED) is 0.637. The fourth-order valence-electron chi connectivity index (χ4n) is 2.63. The summed E-state index contributed by atoms with van der Waals surface area (Å²) < 4.78 is 3.57. The molecule has 0 N–H and O–H groups in total. The van der Waals surface area contributed by atoms with E-state index in [1.54, 1.807) is 16.8 Å². The fourth-order valence-corrected chi connectivity index (χ4v) is 2.63. The van der Waals surface area contributed by atoms with Crippen molar-refractivity contribution in [2.24, 2.45) is 0 Å². The van der Waals surface area contributed by atoms with Crippen LogP contribution in [-0.4, -0.2) is 19.3 Å². The summed E-state index contributed by atoms with van der Waals surface area (Å²) in [6.45, 7) is 0. The Kier molecular flexibility index (Phi) is 2.51. The van der Waals surface area contributed by atoms with Gasteiger partial charge in [-0.2, -0.15) is 9.67 Å². The van der Waals surface area contributed by atoms with E-state index < -0.39 is 4.92 Å². The number of nitrogens with zero attached hydrogens (tertiary/aromatic N) is 4. The Balaban J connectivity index is 1.83. The van der Waals surface area contributed by atoms with Gasteiger partial charge in [0.2, 0.25) is 0 Å².